The molecule has 0 fully saturated rings. The minimum absolute atomic E-state index is 0.0246. The Bertz CT molecular complexity index is 2430. The average Bonchev–Trinajstić information content (AvgIpc) is 3.69. The number of nitrogens with one attached hydrogen (secondary N) is 4. The fourth-order valence-electron chi connectivity index (χ4n) is 4.80. The quantitative estimate of drug-likeness (QED) is 0.0795. The number of hydrogen-bond acceptors (Lipinski definition) is 12. The molecular weight excluding hydrogens is 716 g/mol. The van der Waals surface area contributed by atoms with E-state index in [0.717, 1.165) is 44.8 Å². The smallest absolute Gasteiger partial charge is 0.281 e. The van der Waals surface area contributed by atoms with Crippen LogP contribution in [0, 0.1) is 20.2 Å². The highest BCUT2D eigenvalue weighted by molar-refractivity contribution is 7.92. The Morgan fingerprint density at radius 3 is 1.22 bits per heavy atom. The molecule has 0 aliphatic carbocycles. The van der Waals surface area contributed by atoms with Crippen LogP contribution in [0.5, 0.6) is 0 Å². The molecule has 0 saturated heterocycles. The second-order valence-electron chi connectivity index (χ2n) is 10.6. The van der Waals surface area contributed by atoms with Crippen LogP contribution in [0.2, 0.25) is 0 Å². The number of nitro groups is 2. The Kier molecular flexibility index (Phi) is 8.76. The number of rotatable bonds is 12. The van der Waals surface area contributed by atoms with E-state index >= 15 is 0 Å². The Morgan fingerprint density at radius 2 is 0.902 bits per heavy atom. The number of sulfonamides is 2. The minimum Gasteiger partial charge on any atom is -0.281 e. The lowest BCUT2D eigenvalue weighted by Gasteiger charge is -2.05. The van der Waals surface area contributed by atoms with Gasteiger partial charge in [-0.15, -0.1) is 0 Å². The van der Waals surface area contributed by atoms with Crippen molar-refractivity contribution in [2.24, 2.45) is 0 Å². The number of hydrogen-bond donors (Lipinski definition) is 4. The third-order valence-electron chi connectivity index (χ3n) is 7.18. The monoisotopic (exact) mass is 738 g/mol. The van der Waals surface area contributed by atoms with Crippen LogP contribution in [0.3, 0.4) is 0 Å². The van der Waals surface area contributed by atoms with Gasteiger partial charge in [0.05, 0.1) is 9.85 Å². The molecule has 0 amide bonds. The first-order valence-corrected chi connectivity index (χ1v) is 17.2. The van der Waals surface area contributed by atoms with Gasteiger partial charge in [-0.25, -0.2) is 9.59 Å². The molecule has 20 nitrogen and oxygen atoms in total. The predicted molar refractivity (Wildman–Crippen MR) is 172 cm³/mol. The number of non-ortho nitro benzene ring substituents is 2. The largest absolute Gasteiger partial charge is 0.449 e. The molecule has 0 atom stereocenters. The Balaban J connectivity index is 1.17. The molecule has 6 rings (SSSR count). The van der Waals surface area contributed by atoms with E-state index in [2.05, 4.69) is 20.0 Å². The highest BCUT2D eigenvalue weighted by atomic mass is 32.2. The van der Waals surface area contributed by atoms with Crippen LogP contribution >= 0.6 is 0 Å². The third-order valence-corrected chi connectivity index (χ3v) is 9.91. The zero-order valence-electron chi connectivity index (χ0n) is 25.4. The van der Waals surface area contributed by atoms with Crippen LogP contribution in [-0.4, -0.2) is 37.2 Å². The molecule has 0 bridgehead atoms. The molecule has 0 aliphatic rings. The van der Waals surface area contributed by atoms with E-state index in [1.807, 2.05) is 0 Å². The summed E-state index contributed by atoms with van der Waals surface area (Å²) in [7, 11) is -9.04. The fourth-order valence-corrected chi connectivity index (χ4v) is 7.17. The van der Waals surface area contributed by atoms with E-state index in [9.17, 15) is 46.7 Å². The number of H-pyrrole nitrogens is 2. The maximum absolute atomic E-state index is 13.1. The summed E-state index contributed by atoms with van der Waals surface area (Å²) in [5.41, 5.74) is -0.985. The van der Waals surface area contributed by atoms with Crippen LogP contribution < -0.4 is 30.1 Å². The molecule has 0 spiro atoms. The normalized spacial score (nSPS) is 11.6. The van der Waals surface area contributed by atoms with Crippen molar-refractivity contribution < 1.29 is 45.1 Å². The van der Waals surface area contributed by atoms with Crippen molar-refractivity contribution in [2.45, 2.75) is 16.5 Å². The highest BCUT2D eigenvalue weighted by Crippen LogP contribution is 2.20. The lowest BCUT2D eigenvalue weighted by molar-refractivity contribution is -0.705. The zero-order chi connectivity index (χ0) is 36.5. The standard InChI is InChI=1S/C29H20N8O12S2/c38-28-26(50(44,45)30-20-5-13-24(14-6-20)36(40)41)34(32-48-28)22-9-1-18(2-10-22)17-19-3-11-23(12-4-19)35-27(29(39)49-33-35)51(46,47)31-21-7-15-25(16-8-21)37(42)43/h1-16,30-31H,17H2/p+2. The van der Waals surface area contributed by atoms with E-state index in [0.29, 0.717) is 6.42 Å². The SMILES string of the molecule is O=c1o[nH][n+](-c2ccc(Cc3ccc(-[n+]4[nH]oc(=O)c4S(=O)(=O)Nc4ccc([N+](=O)[O-])cc4)cc3)cc2)c1S(=O)(=O)Nc1ccc([N+](=O)[O-])cc1. The summed E-state index contributed by atoms with van der Waals surface area (Å²) < 4.78 is 68.1. The van der Waals surface area contributed by atoms with Crippen molar-refractivity contribution in [1.29, 1.82) is 0 Å². The fraction of sp³-hybridized carbons (Fsp3) is 0.0345. The van der Waals surface area contributed by atoms with Crippen molar-refractivity contribution in [1.82, 2.24) is 10.5 Å². The lowest BCUT2D eigenvalue weighted by atomic mass is 10.0. The maximum atomic E-state index is 13.1. The van der Waals surface area contributed by atoms with Gasteiger partial charge in [0.1, 0.15) is 0 Å². The second-order valence-corrected chi connectivity index (χ2v) is 13.8. The first-order valence-electron chi connectivity index (χ1n) is 14.2. The number of aromatic amines is 2. The molecule has 51 heavy (non-hydrogen) atoms. The van der Waals surface area contributed by atoms with Gasteiger partial charge in [-0.3, -0.25) is 38.7 Å². The maximum Gasteiger partial charge on any atom is 0.449 e. The van der Waals surface area contributed by atoms with Gasteiger partial charge in [-0.1, -0.05) is 24.3 Å². The molecule has 260 valence electrons. The molecule has 2 aromatic heterocycles. The molecule has 0 unspecified atom stereocenters. The van der Waals surface area contributed by atoms with Crippen molar-refractivity contribution in [3.63, 3.8) is 0 Å². The number of benzene rings is 4. The summed E-state index contributed by atoms with van der Waals surface area (Å²) in [5, 5.41) is 24.7. The zero-order valence-corrected chi connectivity index (χ0v) is 27.1. The number of nitro benzene ring substituents is 2. The average molecular weight is 739 g/mol. The van der Waals surface area contributed by atoms with Gasteiger partial charge in [0.15, 0.2) is 0 Å². The van der Waals surface area contributed by atoms with Gasteiger partial charge in [0, 0.05) is 59.9 Å². The van der Waals surface area contributed by atoms with Gasteiger partial charge in [-0.2, -0.15) is 16.8 Å². The predicted octanol–water partition coefficient (Wildman–Crippen LogP) is 1.81. The summed E-state index contributed by atoms with van der Waals surface area (Å²) in [6, 6.07) is 21.9. The summed E-state index contributed by atoms with van der Waals surface area (Å²) in [6.07, 6.45) is 0.361. The van der Waals surface area contributed by atoms with Gasteiger partial charge in [0.2, 0.25) is 11.4 Å². The minimum atomic E-state index is -4.52. The molecule has 0 saturated carbocycles. The molecular formula is C29H22N8O12S2+2. The summed E-state index contributed by atoms with van der Waals surface area (Å²) >= 11 is 0. The van der Waals surface area contributed by atoms with E-state index in [-0.39, 0.29) is 34.1 Å². The molecule has 22 heteroatoms. The molecule has 4 N–H and O–H groups in total. The number of nitrogens with zero attached hydrogens (tertiary/aromatic N) is 4. The van der Waals surface area contributed by atoms with Gasteiger partial charge in [0.25, 0.3) is 11.4 Å². The molecule has 6 aromatic rings. The van der Waals surface area contributed by atoms with Crippen molar-refractivity contribution in [3.05, 3.63) is 149 Å². The van der Waals surface area contributed by atoms with Crippen LogP contribution in [0.15, 0.2) is 126 Å². The Morgan fingerprint density at radius 1 is 0.569 bits per heavy atom. The van der Waals surface area contributed by atoms with E-state index in [4.69, 9.17) is 9.05 Å². The van der Waals surface area contributed by atoms with Gasteiger partial charge < -0.3 is 0 Å². The summed E-state index contributed by atoms with van der Waals surface area (Å²) in [6.45, 7) is 0. The Labute approximate surface area is 284 Å². The topological polar surface area (TPSA) is 278 Å². The third kappa shape index (κ3) is 7.11. The van der Waals surface area contributed by atoms with Gasteiger partial charge >= 0.3 is 41.3 Å². The van der Waals surface area contributed by atoms with Crippen molar-refractivity contribution in [2.75, 3.05) is 9.44 Å². The van der Waals surface area contributed by atoms with Crippen LogP contribution in [0.25, 0.3) is 11.4 Å². The van der Waals surface area contributed by atoms with Crippen molar-refractivity contribution in [3.8, 4) is 11.4 Å². The van der Waals surface area contributed by atoms with E-state index < -0.39 is 51.2 Å². The molecule has 0 radical (unpaired) electrons. The van der Waals surface area contributed by atoms with Crippen molar-refractivity contribution >= 4 is 42.8 Å². The highest BCUT2D eigenvalue weighted by Gasteiger charge is 2.38. The van der Waals surface area contributed by atoms with Crippen LogP contribution in [0.1, 0.15) is 11.1 Å². The van der Waals surface area contributed by atoms with Gasteiger partial charge in [-0.05, 0) is 61.7 Å². The number of aromatic nitrogens is 4. The number of anilines is 2. The van der Waals surface area contributed by atoms with Crippen LogP contribution in [-0.2, 0) is 26.5 Å². The van der Waals surface area contributed by atoms with Crippen LogP contribution in [0.4, 0.5) is 22.7 Å². The first-order chi connectivity index (χ1) is 24.2. The molecule has 2 heterocycles. The Hall–Kier alpha value is -6.94. The molecule has 4 aromatic carbocycles. The summed E-state index contributed by atoms with van der Waals surface area (Å²) in [5.74, 6) is 0. The second kappa shape index (κ2) is 13.2. The summed E-state index contributed by atoms with van der Waals surface area (Å²) in [4.78, 5) is 45.3. The molecule has 0 aliphatic heterocycles. The van der Waals surface area contributed by atoms with E-state index in [1.54, 1.807) is 24.3 Å². The van der Waals surface area contributed by atoms with E-state index in [1.165, 1.54) is 48.5 Å². The first kappa shape index (κ1) is 33.9. The lowest BCUT2D eigenvalue weighted by Crippen LogP contribution is -2.42.